The Morgan fingerprint density at radius 2 is 1.86 bits per heavy atom. The first-order valence-corrected chi connectivity index (χ1v) is 10.5. The molecule has 2 heterocycles. The van der Waals surface area contributed by atoms with Crippen molar-refractivity contribution < 1.29 is 9.59 Å². The molecular weight excluding hydrogens is 364 g/mol. The van der Waals surface area contributed by atoms with Crippen molar-refractivity contribution in [3.8, 4) is 0 Å². The SMILES string of the molecule is O=C(Nc1cc(Cc2ccccc2)ccn1)NC1CCC(N2CCCC2=O)CC1. The number of nitrogens with zero attached hydrogens (tertiary/aromatic N) is 2. The number of likely N-dealkylation sites (tertiary alicyclic amines) is 1. The van der Waals surface area contributed by atoms with Gasteiger partial charge in [0.2, 0.25) is 5.91 Å². The van der Waals surface area contributed by atoms with Crippen LogP contribution in [0.25, 0.3) is 0 Å². The molecule has 2 N–H and O–H groups in total. The number of hydrogen-bond acceptors (Lipinski definition) is 3. The number of aromatic nitrogens is 1. The Kier molecular flexibility index (Phi) is 6.08. The van der Waals surface area contributed by atoms with Gasteiger partial charge in [-0.2, -0.15) is 0 Å². The van der Waals surface area contributed by atoms with Gasteiger partial charge in [-0.3, -0.25) is 10.1 Å². The summed E-state index contributed by atoms with van der Waals surface area (Å²) in [5.74, 6) is 0.855. The van der Waals surface area contributed by atoms with Crippen LogP contribution in [0.5, 0.6) is 0 Å². The summed E-state index contributed by atoms with van der Waals surface area (Å²) in [6, 6.07) is 14.4. The first kappa shape index (κ1) is 19.4. The van der Waals surface area contributed by atoms with E-state index in [1.807, 2.05) is 35.2 Å². The number of carbonyl (C=O) groups excluding carboxylic acids is 2. The van der Waals surface area contributed by atoms with E-state index in [1.54, 1.807) is 6.20 Å². The highest BCUT2D eigenvalue weighted by atomic mass is 16.2. The van der Waals surface area contributed by atoms with Crippen LogP contribution in [0.1, 0.15) is 49.7 Å². The van der Waals surface area contributed by atoms with Crippen molar-refractivity contribution in [2.24, 2.45) is 0 Å². The van der Waals surface area contributed by atoms with E-state index in [4.69, 9.17) is 0 Å². The summed E-state index contributed by atoms with van der Waals surface area (Å²) in [7, 11) is 0. The Hall–Kier alpha value is -2.89. The Morgan fingerprint density at radius 1 is 1.07 bits per heavy atom. The molecule has 6 heteroatoms. The Balaban J connectivity index is 1.26. The molecule has 0 bridgehead atoms. The molecule has 152 valence electrons. The molecule has 2 fully saturated rings. The van der Waals surface area contributed by atoms with E-state index in [0.717, 1.165) is 50.6 Å². The van der Waals surface area contributed by atoms with Crippen LogP contribution < -0.4 is 10.6 Å². The molecule has 29 heavy (non-hydrogen) atoms. The van der Waals surface area contributed by atoms with E-state index < -0.39 is 0 Å². The van der Waals surface area contributed by atoms with Crippen molar-refractivity contribution in [3.63, 3.8) is 0 Å². The van der Waals surface area contributed by atoms with E-state index in [1.165, 1.54) is 5.56 Å². The number of urea groups is 1. The van der Waals surface area contributed by atoms with Gasteiger partial charge >= 0.3 is 6.03 Å². The summed E-state index contributed by atoms with van der Waals surface area (Å²) in [6.07, 6.45) is 7.94. The van der Waals surface area contributed by atoms with Gasteiger partial charge in [-0.25, -0.2) is 9.78 Å². The molecule has 2 aromatic rings. The van der Waals surface area contributed by atoms with Gasteiger partial charge < -0.3 is 10.2 Å². The standard InChI is InChI=1S/C23H28N4O2/c28-22-7-4-14-27(22)20-10-8-19(9-11-20)25-23(29)26-21-16-18(12-13-24-21)15-17-5-2-1-3-6-17/h1-3,5-6,12-13,16,19-20H,4,7-11,14-15H2,(H2,24,25,26,29). The van der Waals surface area contributed by atoms with Gasteiger partial charge in [0.05, 0.1) is 0 Å². The molecule has 2 aliphatic rings. The first-order chi connectivity index (χ1) is 14.2. The fraction of sp³-hybridized carbons (Fsp3) is 0.435. The molecule has 0 radical (unpaired) electrons. The van der Waals surface area contributed by atoms with Gasteiger partial charge in [0.25, 0.3) is 0 Å². The molecule has 1 aliphatic carbocycles. The zero-order chi connectivity index (χ0) is 20.1. The number of benzene rings is 1. The maximum absolute atomic E-state index is 12.4. The molecule has 1 aliphatic heterocycles. The van der Waals surface area contributed by atoms with E-state index >= 15 is 0 Å². The molecule has 0 unspecified atom stereocenters. The molecule has 1 saturated carbocycles. The summed E-state index contributed by atoms with van der Waals surface area (Å²) in [5.41, 5.74) is 2.33. The highest BCUT2D eigenvalue weighted by molar-refractivity contribution is 5.88. The maximum Gasteiger partial charge on any atom is 0.320 e. The van der Waals surface area contributed by atoms with Crippen LogP contribution in [0.15, 0.2) is 48.7 Å². The summed E-state index contributed by atoms with van der Waals surface area (Å²) in [5, 5.41) is 5.93. The van der Waals surface area contributed by atoms with Crippen LogP contribution in [-0.4, -0.2) is 40.5 Å². The zero-order valence-corrected chi connectivity index (χ0v) is 16.6. The van der Waals surface area contributed by atoms with Crippen molar-refractivity contribution in [3.05, 3.63) is 59.8 Å². The minimum atomic E-state index is -0.213. The summed E-state index contributed by atoms with van der Waals surface area (Å²) < 4.78 is 0. The van der Waals surface area contributed by atoms with E-state index in [9.17, 15) is 9.59 Å². The van der Waals surface area contributed by atoms with Gasteiger partial charge in [-0.1, -0.05) is 30.3 Å². The van der Waals surface area contributed by atoms with Crippen molar-refractivity contribution in [2.75, 3.05) is 11.9 Å². The Morgan fingerprint density at radius 3 is 2.59 bits per heavy atom. The number of rotatable bonds is 5. The number of carbonyl (C=O) groups is 2. The second-order valence-electron chi connectivity index (χ2n) is 8.01. The van der Waals surface area contributed by atoms with Crippen LogP contribution in [0, 0.1) is 0 Å². The van der Waals surface area contributed by atoms with Crippen LogP contribution >= 0.6 is 0 Å². The molecule has 1 saturated heterocycles. The molecule has 1 aromatic carbocycles. The maximum atomic E-state index is 12.4. The highest BCUT2D eigenvalue weighted by Crippen LogP contribution is 2.26. The van der Waals surface area contributed by atoms with Crippen LogP contribution in [0.2, 0.25) is 0 Å². The molecule has 0 spiro atoms. The van der Waals surface area contributed by atoms with Gasteiger partial charge in [-0.05, 0) is 61.8 Å². The lowest BCUT2D eigenvalue weighted by Gasteiger charge is -2.34. The minimum Gasteiger partial charge on any atom is -0.340 e. The second kappa shape index (κ2) is 9.07. The van der Waals surface area contributed by atoms with E-state index in [2.05, 4.69) is 27.8 Å². The number of hydrogen-bond donors (Lipinski definition) is 2. The summed E-state index contributed by atoms with van der Waals surface area (Å²) >= 11 is 0. The lowest BCUT2D eigenvalue weighted by Crippen LogP contribution is -2.45. The third kappa shape index (κ3) is 5.13. The molecule has 1 aromatic heterocycles. The van der Waals surface area contributed by atoms with Crippen molar-refractivity contribution in [1.82, 2.24) is 15.2 Å². The van der Waals surface area contributed by atoms with Crippen molar-refractivity contribution in [2.45, 2.75) is 57.0 Å². The third-order valence-electron chi connectivity index (χ3n) is 5.90. The van der Waals surface area contributed by atoms with Gasteiger partial charge in [0.15, 0.2) is 0 Å². The number of pyridine rings is 1. The average Bonchev–Trinajstić information content (AvgIpc) is 3.15. The molecule has 0 atom stereocenters. The van der Waals surface area contributed by atoms with Gasteiger partial charge in [0.1, 0.15) is 5.82 Å². The topological polar surface area (TPSA) is 74.3 Å². The van der Waals surface area contributed by atoms with E-state index in [0.29, 0.717) is 24.2 Å². The minimum absolute atomic E-state index is 0.149. The number of anilines is 1. The molecule has 6 nitrogen and oxygen atoms in total. The quantitative estimate of drug-likeness (QED) is 0.814. The fourth-order valence-corrected chi connectivity index (χ4v) is 4.41. The monoisotopic (exact) mass is 392 g/mol. The third-order valence-corrected chi connectivity index (χ3v) is 5.90. The Labute approximate surface area is 171 Å². The van der Waals surface area contributed by atoms with Crippen LogP contribution in [-0.2, 0) is 11.2 Å². The van der Waals surface area contributed by atoms with Crippen molar-refractivity contribution >= 4 is 17.8 Å². The predicted octanol–water partition coefficient (Wildman–Crippen LogP) is 3.73. The lowest BCUT2D eigenvalue weighted by molar-refractivity contribution is -0.130. The largest absolute Gasteiger partial charge is 0.340 e. The smallest absolute Gasteiger partial charge is 0.320 e. The molecular formula is C23H28N4O2. The van der Waals surface area contributed by atoms with Crippen LogP contribution in [0.4, 0.5) is 10.6 Å². The normalized spacial score (nSPS) is 21.8. The van der Waals surface area contributed by atoms with E-state index in [-0.39, 0.29) is 12.1 Å². The number of nitrogens with one attached hydrogen (secondary N) is 2. The highest BCUT2D eigenvalue weighted by Gasteiger charge is 2.31. The predicted molar refractivity (Wildman–Crippen MR) is 113 cm³/mol. The number of amides is 3. The summed E-state index contributed by atoms with van der Waals surface area (Å²) in [6.45, 7) is 0.896. The lowest BCUT2D eigenvalue weighted by atomic mass is 9.90. The molecule has 4 rings (SSSR count). The zero-order valence-electron chi connectivity index (χ0n) is 16.6. The summed E-state index contributed by atoms with van der Waals surface area (Å²) in [4.78, 5) is 30.6. The van der Waals surface area contributed by atoms with Gasteiger partial charge in [-0.15, -0.1) is 0 Å². The average molecular weight is 393 g/mol. The Bertz CT molecular complexity index is 847. The first-order valence-electron chi connectivity index (χ1n) is 10.5. The fourth-order valence-electron chi connectivity index (χ4n) is 4.41. The molecule has 3 amide bonds. The van der Waals surface area contributed by atoms with Crippen LogP contribution in [0.3, 0.4) is 0 Å². The van der Waals surface area contributed by atoms with Gasteiger partial charge in [0, 0.05) is 31.2 Å². The second-order valence-corrected chi connectivity index (χ2v) is 8.01. The van der Waals surface area contributed by atoms with Crippen molar-refractivity contribution in [1.29, 1.82) is 0 Å².